The highest BCUT2D eigenvalue weighted by molar-refractivity contribution is 8.00. The molecule has 0 bridgehead atoms. The van der Waals surface area contributed by atoms with E-state index in [9.17, 15) is 9.18 Å². The van der Waals surface area contributed by atoms with Crippen molar-refractivity contribution in [1.29, 1.82) is 0 Å². The third kappa shape index (κ3) is 4.67. The maximum Gasteiger partial charge on any atom is 0.233 e. The van der Waals surface area contributed by atoms with Gasteiger partial charge >= 0.3 is 0 Å². The molecule has 0 aliphatic carbocycles. The minimum atomic E-state index is -0.283. The number of halogens is 1. The van der Waals surface area contributed by atoms with Crippen molar-refractivity contribution in [2.75, 3.05) is 18.8 Å². The highest BCUT2D eigenvalue weighted by Crippen LogP contribution is 2.39. The summed E-state index contributed by atoms with van der Waals surface area (Å²) >= 11 is 1.68. The lowest BCUT2D eigenvalue weighted by molar-refractivity contribution is -0.128. The Morgan fingerprint density at radius 2 is 1.79 bits per heavy atom. The van der Waals surface area contributed by atoms with Crippen molar-refractivity contribution in [3.8, 4) is 11.5 Å². The smallest absolute Gasteiger partial charge is 0.233 e. The van der Waals surface area contributed by atoms with Crippen LogP contribution >= 0.6 is 11.8 Å². The van der Waals surface area contributed by atoms with E-state index in [0.29, 0.717) is 23.3 Å². The van der Waals surface area contributed by atoms with Crippen molar-refractivity contribution in [1.82, 2.24) is 10.2 Å². The highest BCUT2D eigenvalue weighted by Gasteiger charge is 2.33. The van der Waals surface area contributed by atoms with Crippen LogP contribution in [0.15, 0.2) is 48.5 Å². The van der Waals surface area contributed by atoms with Crippen LogP contribution in [0, 0.1) is 5.82 Å². The van der Waals surface area contributed by atoms with Gasteiger partial charge in [0.25, 0.3) is 0 Å². The van der Waals surface area contributed by atoms with Crippen LogP contribution < -0.4 is 10.1 Å². The second kappa shape index (κ2) is 8.97. The summed E-state index contributed by atoms with van der Waals surface area (Å²) in [5.74, 6) is 1.77. The van der Waals surface area contributed by atoms with Crippen molar-refractivity contribution in [2.45, 2.75) is 37.1 Å². The molecule has 0 saturated carbocycles. The molecule has 2 aliphatic rings. The minimum absolute atomic E-state index is 0.0657. The minimum Gasteiger partial charge on any atom is -0.457 e. The molecule has 4 rings (SSSR count). The molecule has 2 fully saturated rings. The van der Waals surface area contributed by atoms with E-state index in [-0.39, 0.29) is 17.1 Å². The molecule has 2 heterocycles. The molecule has 2 aromatic carbocycles. The molecule has 0 radical (unpaired) electrons. The molecule has 6 heteroatoms. The van der Waals surface area contributed by atoms with Crippen LogP contribution in [-0.2, 0) is 4.79 Å². The molecular weight excluding hydrogens is 375 g/mol. The average molecular weight is 401 g/mol. The number of nitrogens with one attached hydrogen (secondary N) is 1. The molecule has 2 aromatic rings. The van der Waals surface area contributed by atoms with Gasteiger partial charge in [-0.1, -0.05) is 18.6 Å². The summed E-state index contributed by atoms with van der Waals surface area (Å²) in [7, 11) is 0. The number of piperidine rings is 1. The van der Waals surface area contributed by atoms with Crippen LogP contribution in [0.3, 0.4) is 0 Å². The molecule has 0 aromatic heterocycles. The molecule has 2 aliphatic heterocycles. The maximum absolute atomic E-state index is 13.0. The number of nitrogens with zero attached hydrogens (tertiary/aromatic N) is 1. The normalized spacial score (nSPS) is 22.5. The Bertz CT molecular complexity index is 791. The van der Waals surface area contributed by atoms with Gasteiger partial charge in [-0.15, -0.1) is 11.8 Å². The zero-order chi connectivity index (χ0) is 19.3. The standard InChI is InChI=1S/C22H25FN2O2S/c23-17-6-10-20(11-7-17)27-19-8-4-16(5-9-19)22-25(21(26)15-28-22)14-12-18-3-1-2-13-24-18/h4-11,18,22,24H,1-3,12-15H2. The van der Waals surface area contributed by atoms with E-state index in [4.69, 9.17) is 4.74 Å². The number of carbonyl (C=O) groups is 1. The number of amides is 1. The van der Waals surface area contributed by atoms with E-state index in [1.165, 1.54) is 31.4 Å². The lowest BCUT2D eigenvalue weighted by atomic mass is 10.0. The van der Waals surface area contributed by atoms with Crippen molar-refractivity contribution in [3.05, 3.63) is 59.9 Å². The molecule has 1 amide bonds. The molecule has 2 saturated heterocycles. The Hall–Kier alpha value is -2.05. The number of carbonyl (C=O) groups excluding carboxylic acids is 1. The third-order valence-electron chi connectivity index (χ3n) is 5.31. The van der Waals surface area contributed by atoms with Crippen LogP contribution in [0.5, 0.6) is 11.5 Å². The fourth-order valence-corrected chi connectivity index (χ4v) is 5.00. The highest BCUT2D eigenvalue weighted by atomic mass is 32.2. The van der Waals surface area contributed by atoms with Gasteiger partial charge in [0, 0.05) is 12.6 Å². The average Bonchev–Trinajstić information content (AvgIpc) is 3.10. The van der Waals surface area contributed by atoms with Crippen LogP contribution in [-0.4, -0.2) is 35.7 Å². The van der Waals surface area contributed by atoms with Gasteiger partial charge in [-0.25, -0.2) is 4.39 Å². The number of thioether (sulfide) groups is 1. The largest absolute Gasteiger partial charge is 0.457 e. The lowest BCUT2D eigenvalue weighted by Gasteiger charge is -2.29. The number of hydrogen-bond acceptors (Lipinski definition) is 4. The number of rotatable bonds is 6. The molecule has 2 unspecified atom stereocenters. The topological polar surface area (TPSA) is 41.6 Å². The maximum atomic E-state index is 13.0. The second-order valence-electron chi connectivity index (χ2n) is 7.31. The van der Waals surface area contributed by atoms with E-state index < -0.39 is 0 Å². The summed E-state index contributed by atoms with van der Waals surface area (Å²) in [4.78, 5) is 14.4. The third-order valence-corrected chi connectivity index (χ3v) is 6.57. The van der Waals surface area contributed by atoms with E-state index in [0.717, 1.165) is 25.1 Å². The Balaban J connectivity index is 1.38. The van der Waals surface area contributed by atoms with E-state index in [1.54, 1.807) is 23.9 Å². The quantitative estimate of drug-likeness (QED) is 0.762. The van der Waals surface area contributed by atoms with Crippen LogP contribution in [0.4, 0.5) is 4.39 Å². The second-order valence-corrected chi connectivity index (χ2v) is 8.38. The van der Waals surface area contributed by atoms with Gasteiger partial charge in [-0.2, -0.15) is 0 Å². The fourth-order valence-electron chi connectivity index (χ4n) is 3.78. The molecule has 0 spiro atoms. The molecule has 4 nitrogen and oxygen atoms in total. The van der Waals surface area contributed by atoms with Crippen LogP contribution in [0.2, 0.25) is 0 Å². The summed E-state index contributed by atoms with van der Waals surface area (Å²) in [6.07, 6.45) is 4.74. The first-order chi connectivity index (χ1) is 13.7. The SMILES string of the molecule is O=C1CSC(c2ccc(Oc3ccc(F)cc3)cc2)N1CCC1CCCCN1. The lowest BCUT2D eigenvalue weighted by Crippen LogP contribution is -2.38. The molecule has 28 heavy (non-hydrogen) atoms. The van der Waals surface area contributed by atoms with Crippen molar-refractivity contribution < 1.29 is 13.9 Å². The van der Waals surface area contributed by atoms with Crippen LogP contribution in [0.25, 0.3) is 0 Å². The van der Waals surface area contributed by atoms with Gasteiger partial charge in [0.2, 0.25) is 5.91 Å². The molecule has 2 atom stereocenters. The van der Waals surface area contributed by atoms with Gasteiger partial charge in [-0.3, -0.25) is 4.79 Å². The van der Waals surface area contributed by atoms with Gasteiger partial charge in [0.1, 0.15) is 22.7 Å². The summed E-state index contributed by atoms with van der Waals surface area (Å²) in [6, 6.07) is 14.3. The van der Waals surface area contributed by atoms with E-state index in [1.807, 2.05) is 29.2 Å². The van der Waals surface area contributed by atoms with Gasteiger partial charge in [0.15, 0.2) is 0 Å². The Morgan fingerprint density at radius 3 is 2.46 bits per heavy atom. The summed E-state index contributed by atoms with van der Waals surface area (Å²) in [6.45, 7) is 1.88. The fraction of sp³-hybridized carbons (Fsp3) is 0.409. The van der Waals surface area contributed by atoms with E-state index >= 15 is 0 Å². The number of ether oxygens (including phenoxy) is 1. The Kier molecular flexibility index (Phi) is 6.17. The van der Waals surface area contributed by atoms with Gasteiger partial charge in [0.05, 0.1) is 5.75 Å². The van der Waals surface area contributed by atoms with E-state index in [2.05, 4.69) is 5.32 Å². The number of benzene rings is 2. The van der Waals surface area contributed by atoms with Crippen molar-refractivity contribution >= 4 is 17.7 Å². The zero-order valence-electron chi connectivity index (χ0n) is 15.8. The van der Waals surface area contributed by atoms with Crippen LogP contribution in [0.1, 0.15) is 36.6 Å². The predicted octanol–water partition coefficient (Wildman–Crippen LogP) is 4.72. The molecular formula is C22H25FN2O2S. The van der Waals surface area contributed by atoms with Crippen molar-refractivity contribution in [3.63, 3.8) is 0 Å². The van der Waals surface area contributed by atoms with Gasteiger partial charge < -0.3 is 15.0 Å². The summed E-state index contributed by atoms with van der Waals surface area (Å²) in [5, 5.41) is 3.63. The first-order valence-electron chi connectivity index (χ1n) is 9.87. The Morgan fingerprint density at radius 1 is 1.07 bits per heavy atom. The predicted molar refractivity (Wildman–Crippen MR) is 110 cm³/mol. The van der Waals surface area contributed by atoms with Gasteiger partial charge in [-0.05, 0) is 67.8 Å². The number of hydrogen-bond donors (Lipinski definition) is 1. The first kappa shape index (κ1) is 19.3. The molecule has 148 valence electrons. The molecule has 1 N–H and O–H groups in total. The summed E-state index contributed by atoms with van der Waals surface area (Å²) < 4.78 is 18.8. The van der Waals surface area contributed by atoms with Crippen molar-refractivity contribution in [2.24, 2.45) is 0 Å². The summed E-state index contributed by atoms with van der Waals surface area (Å²) in [5.41, 5.74) is 1.11. The Labute approximate surface area is 169 Å². The zero-order valence-corrected chi connectivity index (χ0v) is 16.6. The first-order valence-corrected chi connectivity index (χ1v) is 10.9. The monoisotopic (exact) mass is 400 g/mol.